The van der Waals surface area contributed by atoms with Gasteiger partial charge in [0.1, 0.15) is 0 Å². The molecule has 0 aliphatic heterocycles. The van der Waals surface area contributed by atoms with Crippen molar-refractivity contribution in [3.63, 3.8) is 0 Å². The summed E-state index contributed by atoms with van der Waals surface area (Å²) in [7, 11) is 0. The summed E-state index contributed by atoms with van der Waals surface area (Å²) in [5.41, 5.74) is 1.22. The van der Waals surface area contributed by atoms with Crippen molar-refractivity contribution in [3.8, 4) is 0 Å². The molecule has 2 N–H and O–H groups in total. The number of carbonyl (C=O) groups excluding carboxylic acids is 1. The molecule has 0 saturated heterocycles. The van der Waals surface area contributed by atoms with Crippen molar-refractivity contribution < 1.29 is 4.79 Å². The topological polar surface area (TPSA) is 66.9 Å². The Balaban J connectivity index is 1.59. The van der Waals surface area contributed by atoms with E-state index >= 15 is 0 Å². The molecule has 1 aromatic heterocycles. The average molecular weight is 296 g/mol. The van der Waals surface area contributed by atoms with Crippen LogP contribution in [0.15, 0.2) is 42.7 Å². The molecule has 1 amide bonds. The molecule has 1 heterocycles. The molecule has 0 bridgehead atoms. The quantitative estimate of drug-likeness (QED) is 0.906. The molecule has 5 nitrogen and oxygen atoms in total. The third-order valence-electron chi connectivity index (χ3n) is 3.88. The Labute approximate surface area is 130 Å². The summed E-state index contributed by atoms with van der Waals surface area (Å²) in [6, 6.07) is 9.81. The van der Waals surface area contributed by atoms with E-state index in [1.54, 1.807) is 12.4 Å². The second-order valence-corrected chi connectivity index (χ2v) is 5.59. The number of rotatable bonds is 4. The van der Waals surface area contributed by atoms with Gasteiger partial charge in [0.2, 0.25) is 5.95 Å². The van der Waals surface area contributed by atoms with Crippen LogP contribution in [-0.4, -0.2) is 21.9 Å². The molecule has 114 valence electrons. The molecule has 1 aliphatic carbocycles. The van der Waals surface area contributed by atoms with Crippen molar-refractivity contribution in [2.75, 3.05) is 10.6 Å². The van der Waals surface area contributed by atoms with E-state index in [1.807, 2.05) is 30.3 Å². The van der Waals surface area contributed by atoms with Gasteiger partial charge in [-0.1, -0.05) is 37.5 Å². The summed E-state index contributed by atoms with van der Waals surface area (Å²) in [5, 5.41) is 6.16. The van der Waals surface area contributed by atoms with Crippen LogP contribution in [0.1, 0.15) is 42.5 Å². The first-order chi connectivity index (χ1) is 10.8. The van der Waals surface area contributed by atoms with Gasteiger partial charge in [-0.15, -0.1) is 0 Å². The number of para-hydroxylation sites is 1. The van der Waals surface area contributed by atoms with Gasteiger partial charge in [0.25, 0.3) is 5.91 Å². The normalized spacial score (nSPS) is 15.3. The van der Waals surface area contributed by atoms with Crippen LogP contribution in [0.4, 0.5) is 11.6 Å². The lowest BCUT2D eigenvalue weighted by Crippen LogP contribution is -2.23. The zero-order valence-corrected chi connectivity index (χ0v) is 12.5. The standard InChI is InChI=1S/C17H20N4O/c22-16(20-14-7-3-1-4-8-14)13-11-18-17(19-12-13)21-15-9-5-2-6-10-15/h1,3-4,7-8,11-12,15H,2,5-6,9-10H2,(H,20,22)(H,18,19,21). The van der Waals surface area contributed by atoms with Crippen LogP contribution in [0, 0.1) is 0 Å². The fourth-order valence-electron chi connectivity index (χ4n) is 2.67. The molecule has 0 atom stereocenters. The number of nitrogens with one attached hydrogen (secondary N) is 2. The maximum absolute atomic E-state index is 12.1. The summed E-state index contributed by atoms with van der Waals surface area (Å²) in [5.74, 6) is 0.401. The maximum Gasteiger partial charge on any atom is 0.258 e. The zero-order chi connectivity index (χ0) is 15.2. The van der Waals surface area contributed by atoms with Gasteiger partial charge in [0.05, 0.1) is 5.56 Å². The van der Waals surface area contributed by atoms with E-state index < -0.39 is 0 Å². The minimum absolute atomic E-state index is 0.199. The van der Waals surface area contributed by atoms with Gasteiger partial charge in [-0.25, -0.2) is 9.97 Å². The smallest absolute Gasteiger partial charge is 0.258 e. The Bertz CT molecular complexity index is 606. The van der Waals surface area contributed by atoms with E-state index in [4.69, 9.17) is 0 Å². The molecule has 1 saturated carbocycles. The Hall–Kier alpha value is -2.43. The predicted molar refractivity (Wildman–Crippen MR) is 86.9 cm³/mol. The average Bonchev–Trinajstić information content (AvgIpc) is 2.57. The van der Waals surface area contributed by atoms with Crippen LogP contribution >= 0.6 is 0 Å². The van der Waals surface area contributed by atoms with Crippen LogP contribution in [0.3, 0.4) is 0 Å². The summed E-state index contributed by atoms with van der Waals surface area (Å²) < 4.78 is 0. The number of aromatic nitrogens is 2. The summed E-state index contributed by atoms with van der Waals surface area (Å²) in [6.45, 7) is 0. The Morgan fingerprint density at radius 1 is 1.00 bits per heavy atom. The zero-order valence-electron chi connectivity index (χ0n) is 12.5. The lowest BCUT2D eigenvalue weighted by Gasteiger charge is -2.22. The summed E-state index contributed by atoms with van der Waals surface area (Å²) in [6.07, 6.45) is 9.30. The molecular weight excluding hydrogens is 276 g/mol. The maximum atomic E-state index is 12.1. The number of carbonyl (C=O) groups is 1. The van der Waals surface area contributed by atoms with Crippen molar-refractivity contribution >= 4 is 17.5 Å². The van der Waals surface area contributed by atoms with Gasteiger partial charge in [-0.05, 0) is 25.0 Å². The lowest BCUT2D eigenvalue weighted by atomic mass is 9.96. The molecule has 1 fully saturated rings. The Morgan fingerprint density at radius 2 is 1.68 bits per heavy atom. The first-order valence-corrected chi connectivity index (χ1v) is 7.76. The van der Waals surface area contributed by atoms with E-state index in [0.29, 0.717) is 17.6 Å². The van der Waals surface area contributed by atoms with Crippen LogP contribution in [-0.2, 0) is 0 Å². The number of hydrogen-bond donors (Lipinski definition) is 2. The third kappa shape index (κ3) is 3.81. The van der Waals surface area contributed by atoms with E-state index in [2.05, 4.69) is 20.6 Å². The number of amides is 1. The SMILES string of the molecule is O=C(Nc1ccccc1)c1cnc(NC2CCCCC2)nc1. The largest absolute Gasteiger partial charge is 0.351 e. The molecule has 1 aromatic carbocycles. The number of anilines is 2. The first-order valence-electron chi connectivity index (χ1n) is 7.76. The molecule has 0 radical (unpaired) electrons. The summed E-state index contributed by atoms with van der Waals surface area (Å²) in [4.78, 5) is 20.6. The van der Waals surface area contributed by atoms with Crippen molar-refractivity contribution in [2.45, 2.75) is 38.1 Å². The van der Waals surface area contributed by atoms with Crippen LogP contribution in [0.2, 0.25) is 0 Å². The highest BCUT2D eigenvalue weighted by Gasteiger charge is 2.14. The van der Waals surface area contributed by atoms with E-state index in [-0.39, 0.29) is 5.91 Å². The van der Waals surface area contributed by atoms with Gasteiger partial charge in [0.15, 0.2) is 0 Å². The number of benzene rings is 1. The van der Waals surface area contributed by atoms with Crippen molar-refractivity contribution in [1.82, 2.24) is 9.97 Å². The van der Waals surface area contributed by atoms with Gasteiger partial charge in [0, 0.05) is 24.1 Å². The number of hydrogen-bond acceptors (Lipinski definition) is 4. The first kappa shape index (κ1) is 14.5. The van der Waals surface area contributed by atoms with E-state index in [1.165, 1.54) is 32.1 Å². The van der Waals surface area contributed by atoms with Crippen molar-refractivity contribution in [2.24, 2.45) is 0 Å². The third-order valence-corrected chi connectivity index (χ3v) is 3.88. The van der Waals surface area contributed by atoms with Gasteiger partial charge < -0.3 is 10.6 Å². The molecule has 0 spiro atoms. The molecule has 5 heteroatoms. The highest BCUT2D eigenvalue weighted by atomic mass is 16.1. The Morgan fingerprint density at radius 3 is 2.36 bits per heavy atom. The lowest BCUT2D eigenvalue weighted by molar-refractivity contribution is 0.102. The molecule has 1 aliphatic rings. The minimum atomic E-state index is -0.199. The van der Waals surface area contributed by atoms with Crippen LogP contribution in [0.25, 0.3) is 0 Å². The van der Waals surface area contributed by atoms with Gasteiger partial charge in [-0.2, -0.15) is 0 Å². The highest BCUT2D eigenvalue weighted by molar-refractivity contribution is 6.03. The second-order valence-electron chi connectivity index (χ2n) is 5.59. The fraction of sp³-hybridized carbons (Fsp3) is 0.353. The fourth-order valence-corrected chi connectivity index (χ4v) is 2.67. The van der Waals surface area contributed by atoms with Crippen molar-refractivity contribution in [1.29, 1.82) is 0 Å². The highest BCUT2D eigenvalue weighted by Crippen LogP contribution is 2.20. The molecular formula is C17H20N4O. The van der Waals surface area contributed by atoms with Crippen LogP contribution in [0.5, 0.6) is 0 Å². The number of nitrogens with zero attached hydrogens (tertiary/aromatic N) is 2. The molecule has 0 unspecified atom stereocenters. The molecule has 3 rings (SSSR count). The van der Waals surface area contributed by atoms with E-state index in [9.17, 15) is 4.79 Å². The van der Waals surface area contributed by atoms with E-state index in [0.717, 1.165) is 5.69 Å². The van der Waals surface area contributed by atoms with Crippen LogP contribution < -0.4 is 10.6 Å². The molecule has 22 heavy (non-hydrogen) atoms. The predicted octanol–water partition coefficient (Wildman–Crippen LogP) is 3.47. The molecule has 2 aromatic rings. The monoisotopic (exact) mass is 296 g/mol. The van der Waals surface area contributed by atoms with Crippen molar-refractivity contribution in [3.05, 3.63) is 48.3 Å². The second kappa shape index (κ2) is 7.02. The Kier molecular flexibility index (Phi) is 4.63. The van der Waals surface area contributed by atoms with Gasteiger partial charge >= 0.3 is 0 Å². The minimum Gasteiger partial charge on any atom is -0.351 e. The van der Waals surface area contributed by atoms with Gasteiger partial charge in [-0.3, -0.25) is 4.79 Å². The summed E-state index contributed by atoms with van der Waals surface area (Å²) >= 11 is 0.